The molecule has 0 atom stereocenters. The second-order valence-electron chi connectivity index (χ2n) is 1.80. The number of rotatable bonds is 1. The van der Waals surface area contributed by atoms with Gasteiger partial charge in [-0.1, -0.05) is 0 Å². The topological polar surface area (TPSA) is 32.3 Å². The number of hydrogen-bond donors (Lipinski definition) is 2. The zero-order valence-corrected chi connectivity index (χ0v) is 5.26. The van der Waals surface area contributed by atoms with Crippen LogP contribution in [0.5, 0.6) is 5.75 Å². The van der Waals surface area contributed by atoms with Crippen LogP contribution in [0.3, 0.4) is 0 Å². The molecular weight excluding hydrogens is 137 g/mol. The predicted molar refractivity (Wildman–Crippen MR) is 44.8 cm³/mol. The average Bonchev–Trinajstić information content (AvgIpc) is 1.90. The molecule has 2 N–H and O–H groups in total. The SMILES string of the molecule is CNc1ccc(O)cc1.[NaH]. The van der Waals surface area contributed by atoms with Crippen molar-refractivity contribution in [3.63, 3.8) is 0 Å². The van der Waals surface area contributed by atoms with E-state index in [4.69, 9.17) is 5.11 Å². The van der Waals surface area contributed by atoms with Crippen LogP contribution in [-0.4, -0.2) is 41.7 Å². The molecule has 0 amide bonds. The van der Waals surface area contributed by atoms with Crippen molar-refractivity contribution in [2.75, 3.05) is 12.4 Å². The van der Waals surface area contributed by atoms with Crippen LogP contribution in [0.4, 0.5) is 5.69 Å². The van der Waals surface area contributed by atoms with Crippen molar-refractivity contribution in [2.45, 2.75) is 0 Å². The Morgan fingerprint density at radius 3 is 2.10 bits per heavy atom. The molecule has 10 heavy (non-hydrogen) atoms. The summed E-state index contributed by atoms with van der Waals surface area (Å²) in [5.41, 5.74) is 1.01. The summed E-state index contributed by atoms with van der Waals surface area (Å²) in [6.45, 7) is 0. The fourth-order valence-corrected chi connectivity index (χ4v) is 0.628. The van der Waals surface area contributed by atoms with Crippen molar-refractivity contribution < 1.29 is 5.11 Å². The zero-order chi connectivity index (χ0) is 6.69. The minimum absolute atomic E-state index is 0. The van der Waals surface area contributed by atoms with Crippen LogP contribution in [0.25, 0.3) is 0 Å². The molecule has 0 saturated carbocycles. The van der Waals surface area contributed by atoms with Crippen LogP contribution in [0.2, 0.25) is 0 Å². The number of nitrogens with one attached hydrogen (secondary N) is 1. The van der Waals surface area contributed by atoms with Crippen molar-refractivity contribution in [3.05, 3.63) is 24.3 Å². The summed E-state index contributed by atoms with van der Waals surface area (Å²) in [7, 11) is 1.84. The molecule has 0 radical (unpaired) electrons. The van der Waals surface area contributed by atoms with Crippen LogP contribution in [0, 0.1) is 0 Å². The van der Waals surface area contributed by atoms with Crippen LogP contribution in [0.15, 0.2) is 24.3 Å². The van der Waals surface area contributed by atoms with Crippen molar-refractivity contribution in [1.82, 2.24) is 0 Å². The van der Waals surface area contributed by atoms with E-state index in [2.05, 4.69) is 5.32 Å². The molecule has 0 aliphatic rings. The molecule has 1 rings (SSSR count). The third kappa shape index (κ3) is 2.60. The molecule has 0 aliphatic heterocycles. The Kier molecular flexibility index (Phi) is 4.52. The van der Waals surface area contributed by atoms with E-state index >= 15 is 0 Å². The quantitative estimate of drug-likeness (QED) is 0.454. The molecule has 1 aromatic rings. The normalized spacial score (nSPS) is 8.10. The number of phenols is 1. The number of hydrogen-bond acceptors (Lipinski definition) is 2. The van der Waals surface area contributed by atoms with Gasteiger partial charge in [0.2, 0.25) is 0 Å². The Labute approximate surface area is 82.6 Å². The van der Waals surface area contributed by atoms with Crippen LogP contribution in [-0.2, 0) is 0 Å². The summed E-state index contributed by atoms with van der Waals surface area (Å²) in [5.74, 6) is 0.300. The monoisotopic (exact) mass is 147 g/mol. The van der Waals surface area contributed by atoms with Gasteiger partial charge in [-0.05, 0) is 24.3 Å². The summed E-state index contributed by atoms with van der Waals surface area (Å²) in [4.78, 5) is 0. The average molecular weight is 147 g/mol. The van der Waals surface area contributed by atoms with Crippen molar-refractivity contribution in [2.24, 2.45) is 0 Å². The molecule has 0 saturated heterocycles. The third-order valence-corrected chi connectivity index (χ3v) is 1.16. The molecule has 0 fully saturated rings. The predicted octanol–water partition coefficient (Wildman–Crippen LogP) is 0.785. The molecular formula is C7H10NNaO. The fraction of sp³-hybridized carbons (Fsp3) is 0.143. The Bertz CT molecular complexity index is 185. The molecule has 1 aromatic carbocycles. The van der Waals surface area contributed by atoms with Gasteiger partial charge in [-0.2, -0.15) is 0 Å². The van der Waals surface area contributed by atoms with E-state index < -0.39 is 0 Å². The summed E-state index contributed by atoms with van der Waals surface area (Å²) in [5, 5.41) is 11.8. The molecule has 0 aliphatic carbocycles. The van der Waals surface area contributed by atoms with Gasteiger partial charge in [0.1, 0.15) is 5.75 Å². The summed E-state index contributed by atoms with van der Waals surface area (Å²) >= 11 is 0. The first kappa shape index (κ1) is 9.82. The number of anilines is 1. The van der Waals surface area contributed by atoms with E-state index in [0.717, 1.165) is 5.69 Å². The van der Waals surface area contributed by atoms with Gasteiger partial charge >= 0.3 is 29.6 Å². The molecule has 0 bridgehead atoms. The molecule has 0 heterocycles. The first-order chi connectivity index (χ1) is 4.33. The van der Waals surface area contributed by atoms with Gasteiger partial charge in [-0.25, -0.2) is 0 Å². The molecule has 0 aromatic heterocycles. The van der Waals surface area contributed by atoms with E-state index in [1.807, 2.05) is 19.2 Å². The first-order valence-electron chi connectivity index (χ1n) is 2.79. The van der Waals surface area contributed by atoms with Crippen LogP contribution >= 0.6 is 0 Å². The van der Waals surface area contributed by atoms with E-state index in [0.29, 0.717) is 5.75 Å². The Morgan fingerprint density at radius 1 is 1.20 bits per heavy atom. The second-order valence-corrected chi connectivity index (χ2v) is 1.80. The molecule has 50 valence electrons. The van der Waals surface area contributed by atoms with Crippen molar-refractivity contribution in [3.8, 4) is 5.75 Å². The first-order valence-corrected chi connectivity index (χ1v) is 2.79. The summed E-state index contributed by atoms with van der Waals surface area (Å²) in [6, 6.07) is 6.92. The van der Waals surface area contributed by atoms with Gasteiger partial charge in [0.15, 0.2) is 0 Å². The van der Waals surface area contributed by atoms with Gasteiger partial charge in [-0.3, -0.25) is 0 Å². The molecule has 3 heteroatoms. The van der Waals surface area contributed by atoms with Gasteiger partial charge < -0.3 is 10.4 Å². The van der Waals surface area contributed by atoms with Gasteiger partial charge in [0, 0.05) is 12.7 Å². The maximum atomic E-state index is 8.82. The van der Waals surface area contributed by atoms with Gasteiger partial charge in [-0.15, -0.1) is 0 Å². The third-order valence-electron chi connectivity index (χ3n) is 1.16. The zero-order valence-electron chi connectivity index (χ0n) is 5.26. The number of aromatic hydroxyl groups is 1. The van der Waals surface area contributed by atoms with E-state index in [1.165, 1.54) is 0 Å². The van der Waals surface area contributed by atoms with E-state index in [-0.39, 0.29) is 29.6 Å². The Hall–Kier alpha value is -0.180. The van der Waals surface area contributed by atoms with Gasteiger partial charge in [0.25, 0.3) is 0 Å². The van der Waals surface area contributed by atoms with Gasteiger partial charge in [0.05, 0.1) is 0 Å². The standard InChI is InChI=1S/C7H9NO.Na.H/c1-8-6-2-4-7(9)5-3-6;;/h2-5,8-9H,1H3;;. The number of phenolic OH excluding ortho intramolecular Hbond substituents is 1. The van der Waals surface area contributed by atoms with E-state index in [1.54, 1.807) is 12.1 Å². The molecule has 0 spiro atoms. The maximum absolute atomic E-state index is 8.82. The van der Waals surface area contributed by atoms with Crippen LogP contribution < -0.4 is 5.32 Å². The molecule has 0 unspecified atom stereocenters. The second kappa shape index (κ2) is 4.61. The van der Waals surface area contributed by atoms with Crippen molar-refractivity contribution in [1.29, 1.82) is 0 Å². The Balaban J connectivity index is 0.000000810. The number of benzene rings is 1. The Morgan fingerprint density at radius 2 is 1.70 bits per heavy atom. The van der Waals surface area contributed by atoms with E-state index in [9.17, 15) is 0 Å². The summed E-state index contributed by atoms with van der Waals surface area (Å²) in [6.07, 6.45) is 0. The summed E-state index contributed by atoms with van der Waals surface area (Å²) < 4.78 is 0. The molecule has 2 nitrogen and oxygen atoms in total. The van der Waals surface area contributed by atoms with Crippen LogP contribution in [0.1, 0.15) is 0 Å². The minimum atomic E-state index is 0. The fourth-order valence-electron chi connectivity index (χ4n) is 0.628. The van der Waals surface area contributed by atoms with Crippen molar-refractivity contribution >= 4 is 35.2 Å².